The average Bonchev–Trinajstić information content (AvgIpc) is 2.75. The van der Waals surface area contributed by atoms with Gasteiger partial charge in [-0.05, 0) is 51.2 Å². The van der Waals surface area contributed by atoms with E-state index in [-0.39, 0.29) is 5.41 Å². The predicted molar refractivity (Wildman–Crippen MR) is 95.8 cm³/mol. The van der Waals surface area contributed by atoms with Crippen LogP contribution in [0, 0.1) is 0 Å². The molecule has 0 fully saturated rings. The lowest BCUT2D eigenvalue weighted by Crippen LogP contribution is -2.15. The van der Waals surface area contributed by atoms with Crippen LogP contribution in [0.5, 0.6) is 5.75 Å². The highest BCUT2D eigenvalue weighted by atomic mass is 79.9. The summed E-state index contributed by atoms with van der Waals surface area (Å²) in [7, 11) is 1.73. The largest absolute Gasteiger partial charge is 0.497 e. The molecule has 1 aliphatic carbocycles. The summed E-state index contributed by atoms with van der Waals surface area (Å²) in [5.41, 5.74) is 5.39. The van der Waals surface area contributed by atoms with Crippen molar-refractivity contribution in [1.82, 2.24) is 0 Å². The van der Waals surface area contributed by atoms with Crippen molar-refractivity contribution in [3.8, 4) is 16.9 Å². The number of hydrogen-bond donors (Lipinski definition) is 0. The minimum absolute atomic E-state index is 0.0283. The number of rotatable bonds is 1. The summed E-state index contributed by atoms with van der Waals surface area (Å²) in [6, 6.07) is 17.3. The van der Waals surface area contributed by atoms with E-state index >= 15 is 0 Å². The van der Waals surface area contributed by atoms with E-state index in [9.17, 15) is 0 Å². The maximum Gasteiger partial charge on any atom is 0.119 e. The molecule has 0 radical (unpaired) electrons. The van der Waals surface area contributed by atoms with Gasteiger partial charge in [0.2, 0.25) is 0 Å². The molecule has 1 nitrogen and oxygen atoms in total. The molecule has 0 amide bonds. The molecule has 0 spiro atoms. The Balaban J connectivity index is 2.12. The monoisotopic (exact) mass is 352 g/mol. The van der Waals surface area contributed by atoms with Gasteiger partial charge in [-0.2, -0.15) is 0 Å². The summed E-state index contributed by atoms with van der Waals surface area (Å²) in [6.07, 6.45) is 0. The number of methoxy groups -OCH3 is 1. The van der Waals surface area contributed by atoms with Crippen molar-refractivity contribution >= 4 is 26.7 Å². The first-order valence-corrected chi connectivity index (χ1v) is 8.24. The molecule has 110 valence electrons. The standard InChI is InChI=1S/C20H17BrO/c1-20(2)17-11-12(22-3)7-8-13(17)16-10-9-14-15(19(16)20)5-4-6-18(14)21/h4-11H,1-3H3. The Kier molecular flexibility index (Phi) is 2.89. The van der Waals surface area contributed by atoms with Gasteiger partial charge in [-0.25, -0.2) is 0 Å². The zero-order valence-corrected chi connectivity index (χ0v) is 14.5. The molecular weight excluding hydrogens is 336 g/mol. The first-order chi connectivity index (χ1) is 10.5. The smallest absolute Gasteiger partial charge is 0.119 e. The molecule has 4 rings (SSSR count). The fourth-order valence-electron chi connectivity index (χ4n) is 3.75. The molecule has 0 saturated carbocycles. The van der Waals surface area contributed by atoms with Gasteiger partial charge >= 0.3 is 0 Å². The topological polar surface area (TPSA) is 9.23 Å². The Morgan fingerprint density at radius 3 is 2.45 bits per heavy atom. The van der Waals surface area contributed by atoms with Crippen LogP contribution in [0.1, 0.15) is 25.0 Å². The quantitative estimate of drug-likeness (QED) is 0.528. The minimum Gasteiger partial charge on any atom is -0.497 e. The lowest BCUT2D eigenvalue weighted by molar-refractivity contribution is 0.413. The second-order valence-corrected chi connectivity index (χ2v) is 7.21. The Labute approximate surface area is 139 Å². The second kappa shape index (κ2) is 4.60. The van der Waals surface area contributed by atoms with Gasteiger partial charge in [-0.15, -0.1) is 0 Å². The Hall–Kier alpha value is -1.80. The van der Waals surface area contributed by atoms with Gasteiger partial charge in [0.25, 0.3) is 0 Å². The minimum atomic E-state index is -0.0283. The lowest BCUT2D eigenvalue weighted by atomic mass is 9.80. The fourth-order valence-corrected chi connectivity index (χ4v) is 4.25. The molecule has 0 bridgehead atoms. The van der Waals surface area contributed by atoms with E-state index < -0.39 is 0 Å². The summed E-state index contributed by atoms with van der Waals surface area (Å²) in [5.74, 6) is 0.921. The van der Waals surface area contributed by atoms with Crippen LogP contribution >= 0.6 is 15.9 Å². The number of benzene rings is 3. The average molecular weight is 353 g/mol. The molecule has 0 N–H and O–H groups in total. The molecule has 3 aromatic carbocycles. The zero-order chi connectivity index (χ0) is 15.5. The van der Waals surface area contributed by atoms with Crippen molar-refractivity contribution in [3.05, 3.63) is 64.1 Å². The van der Waals surface area contributed by atoms with Gasteiger partial charge in [0.15, 0.2) is 0 Å². The third-order valence-corrected chi connectivity index (χ3v) is 5.52. The van der Waals surface area contributed by atoms with E-state index in [4.69, 9.17) is 4.74 Å². The molecular formula is C20H17BrO. The van der Waals surface area contributed by atoms with Crippen molar-refractivity contribution in [2.24, 2.45) is 0 Å². The molecule has 0 saturated heterocycles. The summed E-state index contributed by atoms with van der Waals surface area (Å²) < 4.78 is 6.58. The van der Waals surface area contributed by atoms with Crippen LogP contribution in [0.3, 0.4) is 0 Å². The molecule has 0 atom stereocenters. The lowest BCUT2D eigenvalue weighted by Gasteiger charge is -2.23. The number of hydrogen-bond acceptors (Lipinski definition) is 1. The highest BCUT2D eigenvalue weighted by Gasteiger charge is 2.37. The molecule has 0 heterocycles. The van der Waals surface area contributed by atoms with Crippen LogP contribution in [-0.2, 0) is 5.41 Å². The molecule has 22 heavy (non-hydrogen) atoms. The summed E-state index contributed by atoms with van der Waals surface area (Å²) in [5, 5.41) is 2.60. The SMILES string of the molecule is COc1ccc2c(c1)C(C)(C)c1c-2ccc2c(Br)cccc12. The van der Waals surface area contributed by atoms with E-state index in [1.165, 1.54) is 33.0 Å². The van der Waals surface area contributed by atoms with Gasteiger partial charge in [0.1, 0.15) is 5.75 Å². The summed E-state index contributed by atoms with van der Waals surface area (Å²) in [4.78, 5) is 0. The van der Waals surface area contributed by atoms with E-state index in [1.54, 1.807) is 7.11 Å². The van der Waals surface area contributed by atoms with Gasteiger partial charge < -0.3 is 4.74 Å². The highest BCUT2D eigenvalue weighted by Crippen LogP contribution is 2.52. The van der Waals surface area contributed by atoms with Crippen molar-refractivity contribution in [3.63, 3.8) is 0 Å². The molecule has 0 aliphatic heterocycles. The second-order valence-electron chi connectivity index (χ2n) is 6.36. The van der Waals surface area contributed by atoms with E-state index in [0.29, 0.717) is 0 Å². The van der Waals surface area contributed by atoms with Crippen LogP contribution < -0.4 is 4.74 Å². The Morgan fingerprint density at radius 1 is 0.909 bits per heavy atom. The zero-order valence-electron chi connectivity index (χ0n) is 12.9. The molecule has 0 unspecified atom stereocenters. The van der Waals surface area contributed by atoms with Gasteiger partial charge in [-0.3, -0.25) is 0 Å². The molecule has 2 heteroatoms. The van der Waals surface area contributed by atoms with Crippen LogP contribution in [0.25, 0.3) is 21.9 Å². The van der Waals surface area contributed by atoms with Gasteiger partial charge in [0.05, 0.1) is 7.11 Å². The van der Waals surface area contributed by atoms with E-state index in [1.807, 2.05) is 0 Å². The predicted octanol–water partition coefficient (Wildman–Crippen LogP) is 5.92. The number of halogens is 1. The maximum absolute atomic E-state index is 5.43. The van der Waals surface area contributed by atoms with Gasteiger partial charge in [0, 0.05) is 9.89 Å². The van der Waals surface area contributed by atoms with Crippen molar-refractivity contribution in [2.75, 3.05) is 7.11 Å². The number of fused-ring (bicyclic) bond motifs is 5. The first-order valence-electron chi connectivity index (χ1n) is 7.44. The van der Waals surface area contributed by atoms with Crippen LogP contribution in [0.2, 0.25) is 0 Å². The van der Waals surface area contributed by atoms with Crippen molar-refractivity contribution in [1.29, 1.82) is 0 Å². The maximum atomic E-state index is 5.43. The van der Waals surface area contributed by atoms with E-state index in [0.717, 1.165) is 10.2 Å². The Bertz CT molecular complexity index is 909. The molecule has 3 aromatic rings. The van der Waals surface area contributed by atoms with Crippen LogP contribution in [-0.4, -0.2) is 7.11 Å². The highest BCUT2D eigenvalue weighted by molar-refractivity contribution is 9.10. The van der Waals surface area contributed by atoms with Crippen LogP contribution in [0.15, 0.2) is 53.0 Å². The third kappa shape index (κ3) is 1.70. The molecule has 0 aromatic heterocycles. The van der Waals surface area contributed by atoms with Crippen molar-refractivity contribution in [2.45, 2.75) is 19.3 Å². The van der Waals surface area contributed by atoms with E-state index in [2.05, 4.69) is 78.3 Å². The normalized spacial score (nSPS) is 14.7. The first kappa shape index (κ1) is 13.8. The Morgan fingerprint density at radius 2 is 1.68 bits per heavy atom. The summed E-state index contributed by atoms with van der Waals surface area (Å²) >= 11 is 3.68. The third-order valence-electron chi connectivity index (χ3n) is 4.82. The number of ether oxygens (including phenoxy) is 1. The molecule has 1 aliphatic rings. The fraction of sp³-hybridized carbons (Fsp3) is 0.200. The van der Waals surface area contributed by atoms with Crippen LogP contribution in [0.4, 0.5) is 0 Å². The van der Waals surface area contributed by atoms with Crippen molar-refractivity contribution < 1.29 is 4.74 Å². The van der Waals surface area contributed by atoms with Gasteiger partial charge in [-0.1, -0.05) is 60.1 Å². The summed E-state index contributed by atoms with van der Waals surface area (Å²) in [6.45, 7) is 4.61.